The SMILES string of the molecule is CC1(C)OC(=O)C(=CNc2ccc(Oc3ccc4ccccc4c3)c(Cl)c2)C(=O)O1. The number of fused-ring (bicyclic) bond motifs is 1. The summed E-state index contributed by atoms with van der Waals surface area (Å²) in [6.07, 6.45) is 1.23. The summed E-state index contributed by atoms with van der Waals surface area (Å²) in [7, 11) is 0. The number of nitrogens with one attached hydrogen (secondary N) is 1. The molecule has 0 aliphatic carbocycles. The van der Waals surface area contributed by atoms with E-state index in [1.807, 2.05) is 42.5 Å². The number of anilines is 1. The normalized spacial score (nSPS) is 15.4. The molecule has 4 rings (SSSR count). The molecule has 1 saturated heterocycles. The van der Waals surface area contributed by atoms with E-state index in [9.17, 15) is 9.59 Å². The Morgan fingerprint density at radius 2 is 1.63 bits per heavy atom. The van der Waals surface area contributed by atoms with Gasteiger partial charge in [-0.15, -0.1) is 0 Å². The molecule has 1 N–H and O–H groups in total. The van der Waals surface area contributed by atoms with Gasteiger partial charge in [-0.2, -0.15) is 0 Å². The molecule has 0 radical (unpaired) electrons. The summed E-state index contributed by atoms with van der Waals surface area (Å²) in [5.41, 5.74) is 0.325. The summed E-state index contributed by atoms with van der Waals surface area (Å²) >= 11 is 6.34. The van der Waals surface area contributed by atoms with Gasteiger partial charge in [-0.25, -0.2) is 9.59 Å². The van der Waals surface area contributed by atoms with Gasteiger partial charge in [0.1, 0.15) is 11.5 Å². The lowest BCUT2D eigenvalue weighted by molar-refractivity contribution is -0.222. The maximum absolute atomic E-state index is 12.0. The molecule has 0 spiro atoms. The molecule has 30 heavy (non-hydrogen) atoms. The van der Waals surface area contributed by atoms with Gasteiger partial charge >= 0.3 is 11.9 Å². The third-order valence-corrected chi connectivity index (χ3v) is 4.68. The van der Waals surface area contributed by atoms with Gasteiger partial charge in [-0.1, -0.05) is 41.9 Å². The van der Waals surface area contributed by atoms with Gasteiger partial charge in [0, 0.05) is 25.7 Å². The number of rotatable bonds is 4. The highest BCUT2D eigenvalue weighted by Gasteiger charge is 2.38. The minimum atomic E-state index is -1.28. The Kier molecular flexibility index (Phi) is 5.10. The molecule has 0 unspecified atom stereocenters. The Morgan fingerprint density at radius 3 is 2.33 bits per heavy atom. The van der Waals surface area contributed by atoms with Gasteiger partial charge in [0.05, 0.1) is 5.02 Å². The molecule has 0 atom stereocenters. The lowest BCUT2D eigenvalue weighted by atomic mass is 10.1. The van der Waals surface area contributed by atoms with Gasteiger partial charge in [0.15, 0.2) is 5.57 Å². The molecular formula is C23H18ClNO5. The molecule has 1 aliphatic rings. The van der Waals surface area contributed by atoms with Crippen molar-refractivity contribution in [1.82, 2.24) is 0 Å². The summed E-state index contributed by atoms with van der Waals surface area (Å²) in [5.74, 6) is -1.66. The van der Waals surface area contributed by atoms with E-state index < -0.39 is 17.7 Å². The number of halogens is 1. The Morgan fingerprint density at radius 1 is 0.933 bits per heavy atom. The molecule has 0 saturated carbocycles. The summed E-state index contributed by atoms with van der Waals surface area (Å²) in [5, 5.41) is 5.40. The van der Waals surface area contributed by atoms with Gasteiger partial charge in [-0.3, -0.25) is 0 Å². The largest absolute Gasteiger partial charge is 0.456 e. The molecule has 0 aromatic heterocycles. The number of esters is 2. The van der Waals surface area contributed by atoms with Crippen LogP contribution in [0.1, 0.15) is 13.8 Å². The van der Waals surface area contributed by atoms with Crippen molar-refractivity contribution in [2.24, 2.45) is 0 Å². The third-order valence-electron chi connectivity index (χ3n) is 4.38. The number of cyclic esters (lactones) is 2. The maximum atomic E-state index is 12.0. The van der Waals surface area contributed by atoms with Crippen LogP contribution in [0.25, 0.3) is 10.8 Å². The molecule has 0 amide bonds. The molecule has 6 nitrogen and oxygen atoms in total. The monoisotopic (exact) mass is 423 g/mol. The third kappa shape index (κ3) is 4.23. The zero-order valence-corrected chi connectivity index (χ0v) is 17.0. The summed E-state index contributed by atoms with van der Waals surface area (Å²) in [6.45, 7) is 2.97. The quantitative estimate of drug-likeness (QED) is 0.343. The highest BCUT2D eigenvalue weighted by molar-refractivity contribution is 6.32. The second kappa shape index (κ2) is 7.72. The number of carbonyl (C=O) groups excluding carboxylic acids is 2. The van der Waals surface area contributed by atoms with Crippen LogP contribution in [0.15, 0.2) is 72.4 Å². The number of ether oxygens (including phenoxy) is 3. The summed E-state index contributed by atoms with van der Waals surface area (Å²) in [6, 6.07) is 18.8. The van der Waals surface area contributed by atoms with Crippen molar-refractivity contribution in [2.75, 3.05) is 5.32 Å². The van der Waals surface area contributed by atoms with Crippen molar-refractivity contribution in [2.45, 2.75) is 19.6 Å². The van der Waals surface area contributed by atoms with Crippen LogP contribution in [0.4, 0.5) is 5.69 Å². The van der Waals surface area contributed by atoms with Crippen molar-refractivity contribution in [3.63, 3.8) is 0 Å². The van der Waals surface area contributed by atoms with Crippen molar-refractivity contribution in [3.8, 4) is 11.5 Å². The lowest BCUT2D eigenvalue weighted by Crippen LogP contribution is -2.42. The fourth-order valence-electron chi connectivity index (χ4n) is 2.97. The maximum Gasteiger partial charge on any atom is 0.350 e. The van der Waals surface area contributed by atoms with E-state index in [4.69, 9.17) is 25.8 Å². The van der Waals surface area contributed by atoms with Crippen LogP contribution < -0.4 is 10.1 Å². The van der Waals surface area contributed by atoms with Crippen LogP contribution in [0, 0.1) is 0 Å². The molecule has 152 valence electrons. The van der Waals surface area contributed by atoms with E-state index in [2.05, 4.69) is 5.32 Å². The van der Waals surface area contributed by atoms with Crippen molar-refractivity contribution in [1.29, 1.82) is 0 Å². The fourth-order valence-corrected chi connectivity index (χ4v) is 3.18. The first-order valence-corrected chi connectivity index (χ1v) is 9.58. The fraction of sp³-hybridized carbons (Fsp3) is 0.130. The average Bonchev–Trinajstić information content (AvgIpc) is 2.68. The standard InChI is InChI=1S/C23H18ClNO5/c1-23(2)29-21(26)18(22(27)30-23)13-25-16-8-10-20(19(24)12-16)28-17-9-7-14-5-3-4-6-15(14)11-17/h3-13,25H,1-2H3. The van der Waals surface area contributed by atoms with Gasteiger partial charge < -0.3 is 19.5 Å². The zero-order valence-electron chi connectivity index (χ0n) is 16.3. The second-order valence-corrected chi connectivity index (χ2v) is 7.54. The number of hydrogen-bond acceptors (Lipinski definition) is 6. The molecule has 3 aromatic rings. The minimum Gasteiger partial charge on any atom is -0.456 e. The lowest BCUT2D eigenvalue weighted by Gasteiger charge is -2.29. The van der Waals surface area contributed by atoms with E-state index in [1.54, 1.807) is 18.2 Å². The number of benzene rings is 3. The first-order chi connectivity index (χ1) is 14.3. The van der Waals surface area contributed by atoms with Crippen LogP contribution in [-0.4, -0.2) is 17.7 Å². The number of carbonyl (C=O) groups is 2. The molecule has 7 heteroatoms. The Balaban J connectivity index is 1.49. The van der Waals surface area contributed by atoms with E-state index in [0.717, 1.165) is 10.8 Å². The van der Waals surface area contributed by atoms with Gasteiger partial charge in [0.25, 0.3) is 5.79 Å². The molecule has 1 aliphatic heterocycles. The van der Waals surface area contributed by atoms with Gasteiger partial charge in [0.2, 0.25) is 0 Å². The van der Waals surface area contributed by atoms with Crippen LogP contribution in [0.5, 0.6) is 11.5 Å². The summed E-state index contributed by atoms with van der Waals surface area (Å²) in [4.78, 5) is 24.0. The Bertz CT molecular complexity index is 1160. The van der Waals surface area contributed by atoms with Crippen LogP contribution in [0.2, 0.25) is 5.02 Å². The predicted molar refractivity (Wildman–Crippen MR) is 113 cm³/mol. The van der Waals surface area contributed by atoms with E-state index in [1.165, 1.54) is 20.0 Å². The topological polar surface area (TPSA) is 73.9 Å². The van der Waals surface area contributed by atoms with E-state index in [0.29, 0.717) is 22.2 Å². The van der Waals surface area contributed by atoms with E-state index in [-0.39, 0.29) is 5.57 Å². The van der Waals surface area contributed by atoms with Crippen LogP contribution in [-0.2, 0) is 19.1 Å². The Hall–Kier alpha value is -3.51. The van der Waals surface area contributed by atoms with Crippen molar-refractivity contribution < 1.29 is 23.8 Å². The van der Waals surface area contributed by atoms with Crippen LogP contribution >= 0.6 is 11.6 Å². The highest BCUT2D eigenvalue weighted by atomic mass is 35.5. The number of hydrogen-bond donors (Lipinski definition) is 1. The molecule has 0 bridgehead atoms. The summed E-state index contributed by atoms with van der Waals surface area (Å²) < 4.78 is 16.0. The highest BCUT2D eigenvalue weighted by Crippen LogP contribution is 2.33. The first kappa shape index (κ1) is 19.8. The first-order valence-electron chi connectivity index (χ1n) is 9.20. The molecular weight excluding hydrogens is 406 g/mol. The van der Waals surface area contributed by atoms with Crippen LogP contribution in [0.3, 0.4) is 0 Å². The van der Waals surface area contributed by atoms with Gasteiger partial charge in [-0.05, 0) is 41.1 Å². The minimum absolute atomic E-state index is 0.234. The zero-order chi connectivity index (χ0) is 21.3. The smallest absolute Gasteiger partial charge is 0.350 e. The molecule has 1 fully saturated rings. The molecule has 1 heterocycles. The second-order valence-electron chi connectivity index (χ2n) is 7.14. The van der Waals surface area contributed by atoms with Crippen molar-refractivity contribution in [3.05, 3.63) is 77.5 Å². The average molecular weight is 424 g/mol. The molecule has 3 aromatic carbocycles. The Labute approximate surface area is 178 Å². The van der Waals surface area contributed by atoms with Crippen molar-refractivity contribution >= 4 is 40.0 Å². The predicted octanol–water partition coefficient (Wildman–Crippen LogP) is 5.42. The van der Waals surface area contributed by atoms with E-state index >= 15 is 0 Å².